The molecule has 0 spiro atoms. The molecule has 2 aromatic rings. The van der Waals surface area contributed by atoms with Crippen molar-refractivity contribution < 1.29 is 46.0 Å². The Morgan fingerprint density at radius 3 is 2.33 bits per heavy atom. The molecule has 39 heavy (non-hydrogen) atoms. The van der Waals surface area contributed by atoms with Crippen LogP contribution in [-0.4, -0.2) is 60.2 Å². The van der Waals surface area contributed by atoms with Gasteiger partial charge < -0.3 is 31.3 Å². The van der Waals surface area contributed by atoms with Crippen molar-refractivity contribution in [3.05, 3.63) is 62.6 Å². The first-order valence-electron chi connectivity index (χ1n) is 10.2. The number of nitro benzene ring substituents is 1. The van der Waals surface area contributed by atoms with E-state index in [0.29, 0.717) is 5.69 Å². The third-order valence-electron chi connectivity index (χ3n) is 4.22. The molecule has 1 aromatic heterocycles. The van der Waals surface area contributed by atoms with E-state index < -0.39 is 55.7 Å². The van der Waals surface area contributed by atoms with Crippen LogP contribution in [0, 0.1) is 17.0 Å². The molecule has 20 heteroatoms. The number of carbonyl (C=O) groups excluding carboxylic acids is 1. The van der Waals surface area contributed by atoms with Gasteiger partial charge in [0.15, 0.2) is 4.90 Å². The molecule has 1 amide bonds. The fourth-order valence-corrected chi connectivity index (χ4v) is 3.77. The summed E-state index contributed by atoms with van der Waals surface area (Å²) in [6, 6.07) is 7.34. The predicted octanol–water partition coefficient (Wildman–Crippen LogP) is -0.180. The molecular formula is C19H22F3N7O9S. The number of rotatable bonds is 10. The zero-order valence-electron chi connectivity index (χ0n) is 19.8. The molecule has 1 aromatic carbocycles. The Morgan fingerprint density at radius 1 is 1.21 bits per heavy atom. The maximum atomic E-state index is 12.8. The van der Waals surface area contributed by atoms with E-state index >= 15 is 0 Å². The van der Waals surface area contributed by atoms with Gasteiger partial charge in [0.1, 0.15) is 18.8 Å². The molecule has 0 aliphatic carbocycles. The Kier molecular flexibility index (Phi) is 11.2. The first-order chi connectivity index (χ1) is 18.0. The van der Waals surface area contributed by atoms with Crippen molar-refractivity contribution in [2.45, 2.75) is 24.5 Å². The number of hydrogen-bond acceptors (Lipinski definition) is 9. The number of aryl methyl sites for hydroxylation is 1. The molecule has 0 bridgehead atoms. The smallest absolute Gasteiger partial charge is 0.475 e. The van der Waals surface area contributed by atoms with Crippen LogP contribution in [0.15, 0.2) is 51.2 Å². The summed E-state index contributed by atoms with van der Waals surface area (Å²) >= 11 is 0. The van der Waals surface area contributed by atoms with E-state index in [0.717, 1.165) is 16.7 Å². The Labute approximate surface area is 217 Å². The quantitative estimate of drug-likeness (QED) is 0.0809. The standard InChI is InChI=1S/C17H21N7O7S.C2HF3O2/c1-11-6-7-12(22-32(29,30)14-5-3-2-4-13(14)24(27)28)16(26)23(11)10-15(25)20-8-9-31-21-17(18)19;3-2(4,5)1(6)7/h2-7,22H,8-10H2,1H3,(H,20,25)(H4,18,19,21);(H,6,7). The van der Waals surface area contributed by atoms with Gasteiger partial charge in [0.25, 0.3) is 21.3 Å². The predicted molar refractivity (Wildman–Crippen MR) is 128 cm³/mol. The fourth-order valence-electron chi connectivity index (χ4n) is 2.54. The van der Waals surface area contributed by atoms with Gasteiger partial charge in [0.2, 0.25) is 11.9 Å². The van der Waals surface area contributed by atoms with Gasteiger partial charge in [-0.3, -0.25) is 24.4 Å². The summed E-state index contributed by atoms with van der Waals surface area (Å²) < 4.78 is 60.2. The van der Waals surface area contributed by atoms with E-state index in [-0.39, 0.29) is 24.8 Å². The minimum Gasteiger partial charge on any atom is -0.475 e. The second-order valence-corrected chi connectivity index (χ2v) is 8.76. The SMILES string of the molecule is Cc1ccc(NS(=O)(=O)c2ccccc2[N+](=O)[O-])c(=O)n1CC(=O)NCCON=C(N)N.O=C(O)C(F)(F)F. The van der Waals surface area contributed by atoms with Crippen LogP contribution in [-0.2, 0) is 31.0 Å². The summed E-state index contributed by atoms with van der Waals surface area (Å²) in [5, 5.41) is 24.0. The van der Waals surface area contributed by atoms with Crippen molar-refractivity contribution >= 4 is 39.2 Å². The second-order valence-electron chi connectivity index (χ2n) is 7.11. The number of halogens is 3. The molecule has 0 radical (unpaired) electrons. The summed E-state index contributed by atoms with van der Waals surface area (Å²) in [4.78, 5) is 48.2. The third kappa shape index (κ3) is 10.2. The highest BCUT2D eigenvalue weighted by Crippen LogP contribution is 2.24. The summed E-state index contributed by atoms with van der Waals surface area (Å²) in [6.07, 6.45) is -5.08. The number of para-hydroxylation sites is 1. The van der Waals surface area contributed by atoms with Gasteiger partial charge >= 0.3 is 12.1 Å². The molecule has 7 N–H and O–H groups in total. The van der Waals surface area contributed by atoms with E-state index in [2.05, 4.69) is 15.2 Å². The Hall–Kier alpha value is -4.88. The average Bonchev–Trinajstić information content (AvgIpc) is 2.83. The largest absolute Gasteiger partial charge is 0.490 e. The molecule has 0 atom stereocenters. The zero-order valence-corrected chi connectivity index (χ0v) is 20.7. The van der Waals surface area contributed by atoms with Gasteiger partial charge in [-0.2, -0.15) is 13.2 Å². The van der Waals surface area contributed by atoms with E-state index in [1.54, 1.807) is 6.92 Å². The lowest BCUT2D eigenvalue weighted by molar-refractivity contribution is -0.387. The number of nitrogens with zero attached hydrogens (tertiary/aromatic N) is 3. The number of carbonyl (C=O) groups is 2. The molecule has 0 saturated heterocycles. The number of alkyl halides is 3. The Morgan fingerprint density at radius 2 is 1.79 bits per heavy atom. The number of aliphatic carboxylic acids is 1. The highest BCUT2D eigenvalue weighted by Gasteiger charge is 2.38. The van der Waals surface area contributed by atoms with Crippen molar-refractivity contribution in [1.82, 2.24) is 9.88 Å². The van der Waals surface area contributed by atoms with Crippen LogP contribution in [0.5, 0.6) is 0 Å². The maximum Gasteiger partial charge on any atom is 0.490 e. The van der Waals surface area contributed by atoms with Gasteiger partial charge in [0.05, 0.1) is 11.5 Å². The van der Waals surface area contributed by atoms with Gasteiger partial charge in [-0.05, 0) is 30.3 Å². The number of amides is 1. The van der Waals surface area contributed by atoms with Crippen LogP contribution >= 0.6 is 0 Å². The highest BCUT2D eigenvalue weighted by atomic mass is 32.2. The number of sulfonamides is 1. The fraction of sp³-hybridized carbons (Fsp3) is 0.263. The lowest BCUT2D eigenvalue weighted by atomic mass is 10.3. The van der Waals surface area contributed by atoms with Crippen LogP contribution in [0.25, 0.3) is 0 Å². The number of nitrogens with two attached hydrogens (primary N) is 2. The number of nitrogens with one attached hydrogen (secondary N) is 2. The number of anilines is 1. The Balaban J connectivity index is 0.000000956. The van der Waals surface area contributed by atoms with Gasteiger partial charge in [0, 0.05) is 11.8 Å². The van der Waals surface area contributed by atoms with E-state index in [9.17, 15) is 41.3 Å². The highest BCUT2D eigenvalue weighted by molar-refractivity contribution is 7.92. The normalized spacial score (nSPS) is 10.9. The van der Waals surface area contributed by atoms with Crippen LogP contribution in [0.1, 0.15) is 5.69 Å². The molecular weight excluding hydrogens is 559 g/mol. The van der Waals surface area contributed by atoms with E-state index in [1.807, 2.05) is 0 Å². The van der Waals surface area contributed by atoms with Crippen LogP contribution in [0.3, 0.4) is 0 Å². The molecule has 0 aliphatic rings. The minimum absolute atomic E-state index is 0.0206. The number of aromatic nitrogens is 1. The van der Waals surface area contributed by atoms with Gasteiger partial charge in [-0.15, -0.1) is 0 Å². The maximum absolute atomic E-state index is 12.8. The molecule has 0 fully saturated rings. The van der Waals surface area contributed by atoms with Gasteiger partial charge in [-0.1, -0.05) is 12.1 Å². The number of hydrogen-bond donors (Lipinski definition) is 5. The lowest BCUT2D eigenvalue weighted by Gasteiger charge is -2.13. The third-order valence-corrected chi connectivity index (χ3v) is 5.63. The molecule has 2 rings (SSSR count). The van der Waals surface area contributed by atoms with Crippen molar-refractivity contribution in [3.63, 3.8) is 0 Å². The number of carboxylic acids is 1. The van der Waals surface area contributed by atoms with E-state index in [4.69, 9.17) is 26.2 Å². The van der Waals surface area contributed by atoms with Crippen molar-refractivity contribution in [3.8, 4) is 0 Å². The monoisotopic (exact) mass is 581 g/mol. The summed E-state index contributed by atoms with van der Waals surface area (Å²) in [6.45, 7) is 1.17. The number of benzene rings is 1. The van der Waals surface area contributed by atoms with Gasteiger partial charge in [-0.25, -0.2) is 13.2 Å². The van der Waals surface area contributed by atoms with Crippen LogP contribution in [0.2, 0.25) is 0 Å². The van der Waals surface area contributed by atoms with Crippen molar-refractivity contribution in [2.75, 3.05) is 17.9 Å². The summed E-state index contributed by atoms with van der Waals surface area (Å²) in [7, 11) is -4.45. The van der Waals surface area contributed by atoms with Crippen molar-refractivity contribution in [1.29, 1.82) is 0 Å². The lowest BCUT2D eigenvalue weighted by Crippen LogP contribution is -2.36. The first-order valence-corrected chi connectivity index (χ1v) is 11.7. The van der Waals surface area contributed by atoms with Crippen molar-refractivity contribution in [2.24, 2.45) is 16.6 Å². The Bertz CT molecular complexity index is 1410. The number of guanidine groups is 1. The number of oxime groups is 1. The molecule has 214 valence electrons. The molecule has 0 unspecified atom stereocenters. The average molecular weight is 581 g/mol. The second kappa shape index (κ2) is 13.6. The number of nitro groups is 1. The number of pyridine rings is 1. The molecule has 0 aliphatic heterocycles. The minimum atomic E-state index is -5.08. The van der Waals surface area contributed by atoms with Crippen LogP contribution < -0.4 is 27.1 Å². The summed E-state index contributed by atoms with van der Waals surface area (Å²) in [5.74, 6) is -3.59. The number of carboxylic acid groups (broad SMARTS) is 1. The summed E-state index contributed by atoms with van der Waals surface area (Å²) in [5.41, 5.74) is 8.72. The molecule has 1 heterocycles. The molecule has 0 saturated carbocycles. The zero-order chi connectivity index (χ0) is 30.0. The molecule has 16 nitrogen and oxygen atoms in total. The van der Waals surface area contributed by atoms with E-state index in [1.165, 1.54) is 24.3 Å². The first kappa shape index (κ1) is 32.1. The van der Waals surface area contributed by atoms with Crippen LogP contribution in [0.4, 0.5) is 24.5 Å². The topological polar surface area (TPSA) is 251 Å².